The molecular weight excluding hydrogens is 600 g/mol. The van der Waals surface area contributed by atoms with E-state index in [0.29, 0.717) is 132 Å². The van der Waals surface area contributed by atoms with Crippen LogP contribution in [-0.2, 0) is 66.4 Å². The maximum atomic E-state index is 11.7. The van der Waals surface area contributed by atoms with Crippen LogP contribution in [0.4, 0.5) is 0 Å². The molecule has 268 valence electrons. The smallest absolute Gasteiger partial charge is 0.320 e. The summed E-state index contributed by atoms with van der Waals surface area (Å²) in [7, 11) is 1.59. The third kappa shape index (κ3) is 38.6. The molecule has 45 heavy (non-hydrogen) atoms. The van der Waals surface area contributed by atoms with Gasteiger partial charge in [-0.1, -0.05) is 0 Å². The molecule has 0 heterocycles. The number of hydrogen-bond acceptors (Lipinski definition) is 16. The summed E-state index contributed by atoms with van der Waals surface area (Å²) in [6.07, 6.45) is 0. The molecule has 16 nitrogen and oxygen atoms in total. The maximum absolute atomic E-state index is 11.7. The number of rotatable bonds is 38. The highest BCUT2D eigenvalue weighted by Crippen LogP contribution is 1.87. The number of ether oxygens (including phenoxy) is 12. The highest BCUT2D eigenvalue weighted by atomic mass is 16.6. The molecule has 0 aromatic rings. The van der Waals surface area contributed by atoms with E-state index in [1.807, 2.05) is 6.92 Å². The van der Waals surface area contributed by atoms with Gasteiger partial charge >= 0.3 is 11.9 Å². The van der Waals surface area contributed by atoms with Crippen LogP contribution in [0.3, 0.4) is 0 Å². The molecule has 2 N–H and O–H groups in total. The molecule has 0 unspecified atom stereocenters. The zero-order chi connectivity index (χ0) is 32.7. The Kier molecular flexibility index (Phi) is 37.3. The zero-order valence-electron chi connectivity index (χ0n) is 27.4. The molecule has 0 amide bonds. The number of carbonyl (C=O) groups excluding carboxylic acids is 2. The van der Waals surface area contributed by atoms with Crippen molar-refractivity contribution in [3.05, 3.63) is 0 Å². The lowest BCUT2D eigenvalue weighted by atomic mass is 10.5. The van der Waals surface area contributed by atoms with E-state index < -0.39 is 5.97 Å². The average Bonchev–Trinajstić information content (AvgIpc) is 3.04. The van der Waals surface area contributed by atoms with Crippen LogP contribution >= 0.6 is 0 Å². The van der Waals surface area contributed by atoms with Crippen LogP contribution in [0.15, 0.2) is 0 Å². The molecule has 0 bridgehead atoms. The van der Waals surface area contributed by atoms with Crippen molar-refractivity contribution in [3.8, 4) is 0 Å². The van der Waals surface area contributed by atoms with Gasteiger partial charge in [0.2, 0.25) is 0 Å². The molecule has 0 atom stereocenters. The minimum absolute atomic E-state index is 0.0198. The van der Waals surface area contributed by atoms with E-state index in [1.165, 1.54) is 0 Å². The summed E-state index contributed by atoms with van der Waals surface area (Å²) in [5.41, 5.74) is 0. The Balaban J connectivity index is 3.16. The fourth-order valence-electron chi connectivity index (χ4n) is 3.01. The summed E-state index contributed by atoms with van der Waals surface area (Å²) in [6, 6.07) is 0. The summed E-state index contributed by atoms with van der Waals surface area (Å²) in [6.45, 7) is 12.8. The summed E-state index contributed by atoms with van der Waals surface area (Å²) in [5, 5.41) is 5.73. The van der Waals surface area contributed by atoms with Gasteiger partial charge in [0.05, 0.1) is 132 Å². The monoisotopic (exact) mass is 658 g/mol. The first-order chi connectivity index (χ1) is 22.2. The van der Waals surface area contributed by atoms with Gasteiger partial charge < -0.3 is 67.5 Å². The summed E-state index contributed by atoms with van der Waals surface area (Å²) >= 11 is 0. The van der Waals surface area contributed by atoms with E-state index in [1.54, 1.807) is 7.11 Å². The molecule has 0 aliphatic carbocycles. The van der Waals surface area contributed by atoms with Crippen molar-refractivity contribution in [3.63, 3.8) is 0 Å². The standard InChI is InChI=1S/C29H58N2O14/c1-3-35-8-9-36-10-11-37-12-13-38-14-15-39-16-17-40-18-19-41-20-21-42-22-23-43-24-25-45-29(33)27-31-5-7-44-28(32)26-30-4-6-34-2/h30-31H,3-27H2,1-2H3. The molecule has 0 fully saturated rings. The SMILES string of the molecule is CCOCCOCCOCCOCCOCCOCCOCCOCCOCCOC(=O)CNCCOC(=O)CNCCOC. The fourth-order valence-corrected chi connectivity index (χ4v) is 3.01. The quantitative estimate of drug-likeness (QED) is 0.0616. The van der Waals surface area contributed by atoms with Crippen molar-refractivity contribution >= 4 is 11.9 Å². The van der Waals surface area contributed by atoms with Crippen molar-refractivity contribution in [1.82, 2.24) is 10.6 Å². The molecule has 0 spiro atoms. The van der Waals surface area contributed by atoms with Gasteiger partial charge in [0.15, 0.2) is 0 Å². The van der Waals surface area contributed by atoms with Gasteiger partial charge in [0.25, 0.3) is 0 Å². The molecule has 0 saturated carbocycles. The molecule has 0 aromatic carbocycles. The maximum Gasteiger partial charge on any atom is 0.320 e. The van der Waals surface area contributed by atoms with Gasteiger partial charge in [-0.3, -0.25) is 9.59 Å². The van der Waals surface area contributed by atoms with Gasteiger partial charge in [-0.25, -0.2) is 0 Å². The normalized spacial score (nSPS) is 11.2. The highest BCUT2D eigenvalue weighted by molar-refractivity contribution is 5.72. The van der Waals surface area contributed by atoms with E-state index >= 15 is 0 Å². The third-order valence-corrected chi connectivity index (χ3v) is 5.23. The van der Waals surface area contributed by atoms with Gasteiger partial charge in [-0.05, 0) is 6.92 Å². The molecule has 16 heteroatoms. The van der Waals surface area contributed by atoms with Crippen molar-refractivity contribution in [2.24, 2.45) is 0 Å². The number of hydrogen-bond donors (Lipinski definition) is 2. The van der Waals surface area contributed by atoms with Crippen molar-refractivity contribution in [1.29, 1.82) is 0 Å². The van der Waals surface area contributed by atoms with E-state index in [9.17, 15) is 9.59 Å². The lowest BCUT2D eigenvalue weighted by Crippen LogP contribution is -2.31. The van der Waals surface area contributed by atoms with Gasteiger partial charge in [-0.15, -0.1) is 0 Å². The van der Waals surface area contributed by atoms with Crippen LogP contribution in [-0.4, -0.2) is 184 Å². The number of nitrogens with one attached hydrogen (secondary N) is 2. The average molecular weight is 659 g/mol. The first kappa shape index (κ1) is 43.5. The Labute approximate surface area is 268 Å². The highest BCUT2D eigenvalue weighted by Gasteiger charge is 2.04. The van der Waals surface area contributed by atoms with Gasteiger partial charge in [-0.2, -0.15) is 0 Å². The first-order valence-electron chi connectivity index (χ1n) is 15.6. The van der Waals surface area contributed by atoms with Crippen LogP contribution in [0, 0.1) is 0 Å². The molecule has 0 aromatic heterocycles. The summed E-state index contributed by atoms with van der Waals surface area (Å²) < 4.78 is 63.4. The summed E-state index contributed by atoms with van der Waals surface area (Å²) in [4.78, 5) is 23.1. The van der Waals surface area contributed by atoms with Crippen molar-refractivity contribution in [2.45, 2.75) is 6.92 Å². The molecular formula is C29H58N2O14. The predicted octanol–water partition coefficient (Wildman–Crippen LogP) is -0.932. The summed E-state index contributed by atoms with van der Waals surface area (Å²) in [5.74, 6) is -0.776. The second kappa shape index (κ2) is 38.6. The number of esters is 2. The molecule has 0 rings (SSSR count). The third-order valence-electron chi connectivity index (χ3n) is 5.23. The minimum atomic E-state index is -0.411. The lowest BCUT2D eigenvalue weighted by molar-refractivity contribution is -0.144. The number of methoxy groups -OCH3 is 1. The Morgan fingerprint density at radius 1 is 0.400 bits per heavy atom. The van der Waals surface area contributed by atoms with Crippen LogP contribution in [0.5, 0.6) is 0 Å². The van der Waals surface area contributed by atoms with Crippen LogP contribution in [0.2, 0.25) is 0 Å². The molecule has 0 saturated heterocycles. The minimum Gasteiger partial charge on any atom is -0.463 e. The Morgan fingerprint density at radius 3 is 1.02 bits per heavy atom. The second-order valence-electron chi connectivity index (χ2n) is 8.88. The Hall–Kier alpha value is -1.54. The van der Waals surface area contributed by atoms with E-state index in [0.717, 1.165) is 0 Å². The largest absolute Gasteiger partial charge is 0.463 e. The van der Waals surface area contributed by atoms with E-state index in [-0.39, 0.29) is 38.9 Å². The first-order valence-corrected chi connectivity index (χ1v) is 15.6. The Morgan fingerprint density at radius 2 is 0.689 bits per heavy atom. The van der Waals surface area contributed by atoms with E-state index in [4.69, 9.17) is 56.8 Å². The van der Waals surface area contributed by atoms with Crippen LogP contribution in [0.25, 0.3) is 0 Å². The van der Waals surface area contributed by atoms with Gasteiger partial charge in [0, 0.05) is 26.8 Å². The lowest BCUT2D eigenvalue weighted by Gasteiger charge is -2.09. The van der Waals surface area contributed by atoms with Gasteiger partial charge in [0.1, 0.15) is 13.2 Å². The fraction of sp³-hybridized carbons (Fsp3) is 0.931. The second-order valence-corrected chi connectivity index (χ2v) is 8.88. The topological polar surface area (TPSA) is 169 Å². The van der Waals surface area contributed by atoms with Crippen LogP contribution < -0.4 is 10.6 Å². The number of carbonyl (C=O) groups is 2. The Bertz CT molecular complexity index is 622. The predicted molar refractivity (Wildman–Crippen MR) is 163 cm³/mol. The molecule has 0 aliphatic heterocycles. The van der Waals surface area contributed by atoms with Crippen LogP contribution in [0.1, 0.15) is 6.92 Å². The molecule has 0 aliphatic rings. The van der Waals surface area contributed by atoms with Crippen molar-refractivity contribution in [2.75, 3.05) is 172 Å². The van der Waals surface area contributed by atoms with E-state index in [2.05, 4.69) is 10.6 Å². The zero-order valence-corrected chi connectivity index (χ0v) is 27.4. The molecule has 0 radical (unpaired) electrons. The van der Waals surface area contributed by atoms with Crippen molar-refractivity contribution < 1.29 is 66.4 Å².